The maximum atomic E-state index is 12.0. The fraction of sp³-hybridized carbons (Fsp3) is 0.154. The number of aromatic nitrogens is 2. The van der Waals surface area contributed by atoms with E-state index in [1.165, 1.54) is 6.07 Å². The number of nitrogens with zero attached hydrogens (tertiary/aromatic N) is 1. The van der Waals surface area contributed by atoms with Crippen molar-refractivity contribution in [3.8, 4) is 0 Å². The van der Waals surface area contributed by atoms with Crippen molar-refractivity contribution >= 4 is 34.2 Å². The number of nitrogens with one attached hydrogen (secondary N) is 3. The molecule has 0 aliphatic heterocycles. The van der Waals surface area contributed by atoms with Gasteiger partial charge >= 0.3 is 6.09 Å². The van der Waals surface area contributed by atoms with Crippen molar-refractivity contribution in [3.05, 3.63) is 45.5 Å². The number of imide groups is 1. The Kier molecular flexibility index (Phi) is 5.20. The predicted octanol–water partition coefficient (Wildman–Crippen LogP) is 0.970. The molecule has 2 heterocycles. The van der Waals surface area contributed by atoms with Crippen LogP contribution < -0.4 is 16.2 Å². The van der Waals surface area contributed by atoms with Crippen LogP contribution in [0.15, 0.2) is 28.6 Å². The number of rotatable bonds is 4. The van der Waals surface area contributed by atoms with Crippen LogP contribution in [-0.2, 0) is 4.74 Å². The second-order valence-electron chi connectivity index (χ2n) is 4.09. The molecule has 0 atom stereocenters. The molecule has 120 valence electrons. The standard InChI is InChI=1S/C13H12N4O5S/c1-2-22-13(21)17-10(19)7-3-4-23-12(7)16-11(20)8-5-15-9(18)6-14-8/h3-6H,2H2,1H3,(H,15,18)(H,16,20)(H,17,19,21). The van der Waals surface area contributed by atoms with Crippen molar-refractivity contribution in [3.63, 3.8) is 0 Å². The van der Waals surface area contributed by atoms with E-state index >= 15 is 0 Å². The molecule has 0 fully saturated rings. The predicted molar refractivity (Wildman–Crippen MR) is 81.6 cm³/mol. The van der Waals surface area contributed by atoms with Gasteiger partial charge in [-0.25, -0.2) is 9.78 Å². The van der Waals surface area contributed by atoms with Crippen LogP contribution in [0.2, 0.25) is 0 Å². The van der Waals surface area contributed by atoms with Crippen molar-refractivity contribution in [2.45, 2.75) is 6.92 Å². The molecule has 0 saturated heterocycles. The van der Waals surface area contributed by atoms with Crippen LogP contribution in [0.4, 0.5) is 9.80 Å². The molecule has 2 aromatic rings. The van der Waals surface area contributed by atoms with Crippen LogP contribution in [0.1, 0.15) is 27.8 Å². The van der Waals surface area contributed by atoms with Crippen LogP contribution in [0.5, 0.6) is 0 Å². The van der Waals surface area contributed by atoms with E-state index in [9.17, 15) is 19.2 Å². The summed E-state index contributed by atoms with van der Waals surface area (Å²) in [5, 5.41) is 6.35. The molecule has 0 aromatic carbocycles. The third-order valence-electron chi connectivity index (χ3n) is 2.53. The molecule has 0 saturated carbocycles. The van der Waals surface area contributed by atoms with Crippen LogP contribution in [0, 0.1) is 0 Å². The second kappa shape index (κ2) is 7.31. The lowest BCUT2D eigenvalue weighted by Gasteiger charge is -2.06. The number of ether oxygens (including phenoxy) is 1. The zero-order valence-electron chi connectivity index (χ0n) is 11.9. The van der Waals surface area contributed by atoms with E-state index in [4.69, 9.17) is 0 Å². The Labute approximate surface area is 133 Å². The lowest BCUT2D eigenvalue weighted by Crippen LogP contribution is -2.31. The van der Waals surface area contributed by atoms with Crippen LogP contribution in [0.25, 0.3) is 0 Å². The molecule has 0 unspecified atom stereocenters. The average Bonchev–Trinajstić information content (AvgIpc) is 2.96. The SMILES string of the molecule is CCOC(=O)NC(=O)c1ccsc1NC(=O)c1c[nH]c(=O)cn1. The third-order valence-corrected chi connectivity index (χ3v) is 3.36. The van der Waals surface area contributed by atoms with Crippen LogP contribution in [-0.4, -0.2) is 34.5 Å². The summed E-state index contributed by atoms with van der Waals surface area (Å²) in [5.74, 6) is -1.30. The topological polar surface area (TPSA) is 130 Å². The molecule has 10 heteroatoms. The molecule has 3 N–H and O–H groups in total. The molecule has 23 heavy (non-hydrogen) atoms. The van der Waals surface area contributed by atoms with Crippen molar-refractivity contribution in [2.75, 3.05) is 11.9 Å². The van der Waals surface area contributed by atoms with Crippen molar-refractivity contribution in [2.24, 2.45) is 0 Å². The Balaban J connectivity index is 2.10. The highest BCUT2D eigenvalue weighted by molar-refractivity contribution is 7.14. The number of H-pyrrole nitrogens is 1. The quantitative estimate of drug-likeness (QED) is 0.762. The first kappa shape index (κ1) is 16.4. The van der Waals surface area contributed by atoms with E-state index in [2.05, 4.69) is 20.0 Å². The van der Waals surface area contributed by atoms with Gasteiger partial charge in [0, 0.05) is 6.20 Å². The first-order chi connectivity index (χ1) is 11.0. The maximum Gasteiger partial charge on any atom is 0.414 e. The summed E-state index contributed by atoms with van der Waals surface area (Å²) < 4.78 is 4.61. The summed E-state index contributed by atoms with van der Waals surface area (Å²) in [6.45, 7) is 1.74. The number of alkyl carbamates (subject to hydrolysis) is 1. The highest BCUT2D eigenvalue weighted by Gasteiger charge is 2.18. The molecule has 0 aliphatic carbocycles. The molecule has 0 radical (unpaired) electrons. The fourth-order valence-corrected chi connectivity index (χ4v) is 2.33. The van der Waals surface area contributed by atoms with Gasteiger partial charge in [-0.05, 0) is 18.4 Å². The number of carbonyl (C=O) groups excluding carboxylic acids is 3. The monoisotopic (exact) mass is 336 g/mol. The third kappa shape index (κ3) is 4.23. The number of carbonyl (C=O) groups is 3. The van der Waals surface area contributed by atoms with Gasteiger partial charge in [0.05, 0.1) is 18.4 Å². The smallest absolute Gasteiger partial charge is 0.414 e. The second-order valence-corrected chi connectivity index (χ2v) is 5.00. The van der Waals surface area contributed by atoms with Crippen molar-refractivity contribution in [1.82, 2.24) is 15.3 Å². The summed E-state index contributed by atoms with van der Waals surface area (Å²) >= 11 is 1.10. The molecule has 2 aromatic heterocycles. The minimum absolute atomic E-state index is 0.0187. The summed E-state index contributed by atoms with van der Waals surface area (Å²) in [4.78, 5) is 52.1. The van der Waals surface area contributed by atoms with Gasteiger partial charge in [-0.15, -0.1) is 11.3 Å². The van der Waals surface area contributed by atoms with Crippen molar-refractivity contribution < 1.29 is 19.1 Å². The van der Waals surface area contributed by atoms with Gasteiger partial charge in [0.25, 0.3) is 17.4 Å². The van der Waals surface area contributed by atoms with Gasteiger partial charge in [0.1, 0.15) is 10.7 Å². The number of hydrogen-bond acceptors (Lipinski definition) is 7. The Morgan fingerprint density at radius 3 is 2.78 bits per heavy atom. The van der Waals surface area contributed by atoms with Crippen LogP contribution in [0.3, 0.4) is 0 Å². The molecule has 0 spiro atoms. The largest absolute Gasteiger partial charge is 0.450 e. The van der Waals surface area contributed by atoms with Crippen LogP contribution >= 0.6 is 11.3 Å². The summed E-state index contributed by atoms with van der Waals surface area (Å²) in [5.41, 5.74) is -0.345. The molecular formula is C13H12N4O5S. The Morgan fingerprint density at radius 2 is 2.13 bits per heavy atom. The molecular weight excluding hydrogens is 324 g/mol. The Morgan fingerprint density at radius 1 is 1.35 bits per heavy atom. The number of thiophene rings is 1. The zero-order chi connectivity index (χ0) is 16.8. The van der Waals surface area contributed by atoms with Gasteiger partial charge in [0.2, 0.25) is 0 Å². The lowest BCUT2D eigenvalue weighted by atomic mass is 10.3. The normalized spacial score (nSPS) is 9.96. The minimum atomic E-state index is -0.872. The van der Waals surface area contributed by atoms with Gasteiger partial charge in [-0.2, -0.15) is 0 Å². The molecule has 0 aliphatic rings. The zero-order valence-corrected chi connectivity index (χ0v) is 12.7. The number of aromatic amines is 1. The first-order valence-corrected chi connectivity index (χ1v) is 7.31. The minimum Gasteiger partial charge on any atom is -0.450 e. The van der Waals surface area contributed by atoms with E-state index in [1.807, 2.05) is 5.32 Å². The average molecular weight is 336 g/mol. The van der Waals surface area contributed by atoms with Gasteiger partial charge in [-0.3, -0.25) is 19.7 Å². The molecule has 0 bridgehead atoms. The van der Waals surface area contributed by atoms with E-state index < -0.39 is 23.5 Å². The number of hydrogen-bond donors (Lipinski definition) is 3. The lowest BCUT2D eigenvalue weighted by molar-refractivity contribution is 0.0926. The Bertz CT molecular complexity index is 777. The molecule has 9 nitrogen and oxygen atoms in total. The molecule has 3 amide bonds. The number of anilines is 1. The van der Waals surface area contributed by atoms with E-state index in [1.54, 1.807) is 12.3 Å². The summed E-state index contributed by atoms with van der Waals surface area (Å²) in [6, 6.07) is 1.45. The fourth-order valence-electron chi connectivity index (χ4n) is 1.55. The maximum absolute atomic E-state index is 12.0. The van der Waals surface area contributed by atoms with E-state index in [0.717, 1.165) is 23.7 Å². The highest BCUT2D eigenvalue weighted by atomic mass is 32.1. The van der Waals surface area contributed by atoms with Gasteiger partial charge < -0.3 is 15.0 Å². The summed E-state index contributed by atoms with van der Waals surface area (Å²) in [7, 11) is 0. The summed E-state index contributed by atoms with van der Waals surface area (Å²) in [6.07, 6.45) is 1.25. The number of amides is 3. The van der Waals surface area contributed by atoms with Crippen molar-refractivity contribution in [1.29, 1.82) is 0 Å². The molecule has 2 rings (SSSR count). The highest BCUT2D eigenvalue weighted by Crippen LogP contribution is 2.23. The van der Waals surface area contributed by atoms with E-state index in [-0.39, 0.29) is 22.9 Å². The van der Waals surface area contributed by atoms with Gasteiger partial charge in [-0.1, -0.05) is 0 Å². The van der Waals surface area contributed by atoms with E-state index in [0.29, 0.717) is 0 Å². The van der Waals surface area contributed by atoms with Gasteiger partial charge in [0.15, 0.2) is 0 Å². The Hall–Kier alpha value is -3.01. The first-order valence-electron chi connectivity index (χ1n) is 6.43.